The SMILES string of the molecule is Fc1ccc(-c2ccc(OC(F)(F)c3c(F)cc(Cl)cc3F)cc2)cc1. The van der Waals surface area contributed by atoms with Gasteiger partial charge in [0, 0.05) is 5.02 Å². The summed E-state index contributed by atoms with van der Waals surface area (Å²) in [6.07, 6.45) is -4.24. The summed E-state index contributed by atoms with van der Waals surface area (Å²) >= 11 is 5.43. The Hall–Kier alpha value is -2.60. The van der Waals surface area contributed by atoms with Crippen molar-refractivity contribution < 1.29 is 26.7 Å². The molecule has 134 valence electrons. The molecule has 0 saturated carbocycles. The molecular weight excluding hydrogens is 375 g/mol. The van der Waals surface area contributed by atoms with Crippen molar-refractivity contribution in [2.24, 2.45) is 0 Å². The lowest BCUT2D eigenvalue weighted by Gasteiger charge is -2.19. The predicted octanol–water partition coefficient (Wildman–Crippen LogP) is 6.55. The maximum Gasteiger partial charge on any atom is 0.432 e. The summed E-state index contributed by atoms with van der Waals surface area (Å²) in [6.45, 7) is 0. The lowest BCUT2D eigenvalue weighted by atomic mass is 10.1. The van der Waals surface area contributed by atoms with Crippen LogP contribution in [0.25, 0.3) is 11.1 Å². The van der Waals surface area contributed by atoms with Crippen molar-refractivity contribution in [2.45, 2.75) is 6.11 Å². The Morgan fingerprint density at radius 1 is 0.731 bits per heavy atom. The molecule has 0 spiro atoms. The van der Waals surface area contributed by atoms with Gasteiger partial charge in [0.2, 0.25) is 0 Å². The highest BCUT2D eigenvalue weighted by atomic mass is 35.5. The van der Waals surface area contributed by atoms with Gasteiger partial charge in [0.05, 0.1) is 0 Å². The van der Waals surface area contributed by atoms with Crippen LogP contribution >= 0.6 is 11.6 Å². The first kappa shape index (κ1) is 18.2. The fourth-order valence-corrected chi connectivity index (χ4v) is 2.57. The Balaban J connectivity index is 1.85. The van der Waals surface area contributed by atoms with Gasteiger partial charge in [0.1, 0.15) is 28.8 Å². The largest absolute Gasteiger partial charge is 0.432 e. The molecule has 0 bridgehead atoms. The Kier molecular flexibility index (Phi) is 4.87. The van der Waals surface area contributed by atoms with E-state index in [1.165, 1.54) is 48.5 Å². The van der Waals surface area contributed by atoms with Crippen LogP contribution in [0, 0.1) is 17.5 Å². The van der Waals surface area contributed by atoms with Gasteiger partial charge in [0.15, 0.2) is 0 Å². The zero-order valence-electron chi connectivity index (χ0n) is 12.9. The first-order valence-electron chi connectivity index (χ1n) is 7.34. The van der Waals surface area contributed by atoms with Crippen LogP contribution < -0.4 is 4.74 Å². The van der Waals surface area contributed by atoms with Crippen LogP contribution in [0.2, 0.25) is 5.02 Å². The topological polar surface area (TPSA) is 9.23 Å². The van der Waals surface area contributed by atoms with Gasteiger partial charge < -0.3 is 4.74 Å². The van der Waals surface area contributed by atoms with E-state index in [0.717, 1.165) is 0 Å². The predicted molar refractivity (Wildman–Crippen MR) is 87.7 cm³/mol. The van der Waals surface area contributed by atoms with Crippen molar-refractivity contribution >= 4 is 11.6 Å². The molecular formula is C19H10ClF5O. The monoisotopic (exact) mass is 384 g/mol. The van der Waals surface area contributed by atoms with Crippen molar-refractivity contribution in [1.82, 2.24) is 0 Å². The number of hydrogen-bond donors (Lipinski definition) is 0. The van der Waals surface area contributed by atoms with Gasteiger partial charge in [0.25, 0.3) is 0 Å². The molecule has 0 radical (unpaired) electrons. The molecule has 3 rings (SSSR count). The van der Waals surface area contributed by atoms with E-state index >= 15 is 0 Å². The van der Waals surface area contributed by atoms with Gasteiger partial charge in [-0.15, -0.1) is 0 Å². The molecule has 0 N–H and O–H groups in total. The molecule has 0 aliphatic rings. The average molecular weight is 385 g/mol. The smallest absolute Gasteiger partial charge is 0.429 e. The van der Waals surface area contributed by atoms with Crippen molar-refractivity contribution in [3.8, 4) is 16.9 Å². The quantitative estimate of drug-likeness (QED) is 0.463. The lowest BCUT2D eigenvalue weighted by Crippen LogP contribution is -2.25. The molecule has 0 heterocycles. The van der Waals surface area contributed by atoms with Gasteiger partial charge in [-0.2, -0.15) is 8.78 Å². The number of halogens is 6. The molecule has 0 aromatic heterocycles. The number of rotatable bonds is 4. The molecule has 26 heavy (non-hydrogen) atoms. The summed E-state index contributed by atoms with van der Waals surface area (Å²) in [5, 5.41) is -0.344. The molecule has 3 aromatic carbocycles. The highest BCUT2D eigenvalue weighted by Gasteiger charge is 2.41. The van der Waals surface area contributed by atoms with Gasteiger partial charge in [-0.1, -0.05) is 35.9 Å². The third-order valence-electron chi connectivity index (χ3n) is 3.58. The number of hydrogen-bond acceptors (Lipinski definition) is 1. The molecule has 0 saturated heterocycles. The fourth-order valence-electron chi connectivity index (χ4n) is 2.38. The van der Waals surface area contributed by atoms with Crippen molar-refractivity contribution in [2.75, 3.05) is 0 Å². The van der Waals surface area contributed by atoms with E-state index in [0.29, 0.717) is 23.3 Å². The number of benzene rings is 3. The van der Waals surface area contributed by atoms with E-state index < -0.39 is 29.1 Å². The highest BCUT2D eigenvalue weighted by molar-refractivity contribution is 6.30. The highest BCUT2D eigenvalue weighted by Crippen LogP contribution is 2.36. The van der Waals surface area contributed by atoms with Crippen LogP contribution in [0.5, 0.6) is 5.75 Å². The summed E-state index contributed by atoms with van der Waals surface area (Å²) in [5.74, 6) is -3.72. The molecule has 1 nitrogen and oxygen atoms in total. The minimum atomic E-state index is -4.24. The Bertz CT molecular complexity index is 901. The maximum atomic E-state index is 14.2. The fraction of sp³-hybridized carbons (Fsp3) is 0.0526. The van der Waals surface area contributed by atoms with E-state index in [2.05, 4.69) is 4.74 Å². The van der Waals surface area contributed by atoms with Crippen LogP contribution in [0.1, 0.15) is 5.56 Å². The third kappa shape index (κ3) is 3.80. The molecule has 3 aromatic rings. The number of alkyl halides is 2. The molecule has 0 unspecified atom stereocenters. The van der Waals surface area contributed by atoms with E-state index in [-0.39, 0.29) is 10.8 Å². The summed E-state index contributed by atoms with van der Waals surface area (Å²) < 4.78 is 73.2. The summed E-state index contributed by atoms with van der Waals surface area (Å²) in [4.78, 5) is 0. The van der Waals surface area contributed by atoms with Crippen molar-refractivity contribution in [3.05, 3.63) is 88.7 Å². The molecule has 0 amide bonds. The van der Waals surface area contributed by atoms with Crippen LogP contribution in [-0.2, 0) is 6.11 Å². The van der Waals surface area contributed by atoms with E-state index in [1.54, 1.807) is 0 Å². The normalized spacial score (nSPS) is 11.5. The molecule has 0 atom stereocenters. The Labute approximate surface area is 150 Å². The van der Waals surface area contributed by atoms with Crippen LogP contribution in [0.15, 0.2) is 60.7 Å². The van der Waals surface area contributed by atoms with E-state index in [1.807, 2.05) is 0 Å². The second-order valence-corrected chi connectivity index (χ2v) is 5.83. The van der Waals surface area contributed by atoms with Crippen LogP contribution in [0.4, 0.5) is 22.0 Å². The molecule has 7 heteroatoms. The summed E-state index contributed by atoms with van der Waals surface area (Å²) in [7, 11) is 0. The molecule has 0 aliphatic carbocycles. The van der Waals surface area contributed by atoms with Crippen LogP contribution in [-0.4, -0.2) is 0 Å². The first-order chi connectivity index (χ1) is 12.3. The van der Waals surface area contributed by atoms with Gasteiger partial charge >= 0.3 is 6.11 Å². The van der Waals surface area contributed by atoms with Crippen LogP contribution in [0.3, 0.4) is 0 Å². The second kappa shape index (κ2) is 6.96. The third-order valence-corrected chi connectivity index (χ3v) is 3.79. The summed E-state index contributed by atoms with van der Waals surface area (Å²) in [6, 6.07) is 12.1. The van der Waals surface area contributed by atoms with Gasteiger partial charge in [-0.05, 0) is 47.5 Å². The van der Waals surface area contributed by atoms with Crippen molar-refractivity contribution in [1.29, 1.82) is 0 Å². The van der Waals surface area contributed by atoms with Crippen molar-refractivity contribution in [3.63, 3.8) is 0 Å². The molecule has 0 fully saturated rings. The van der Waals surface area contributed by atoms with E-state index in [9.17, 15) is 22.0 Å². The van der Waals surface area contributed by atoms with Gasteiger partial charge in [-0.3, -0.25) is 0 Å². The zero-order chi connectivity index (χ0) is 18.9. The Morgan fingerprint density at radius 3 is 1.69 bits per heavy atom. The lowest BCUT2D eigenvalue weighted by molar-refractivity contribution is -0.189. The maximum absolute atomic E-state index is 14.2. The summed E-state index contributed by atoms with van der Waals surface area (Å²) in [5.41, 5.74) is -0.228. The minimum absolute atomic E-state index is 0.297. The first-order valence-corrected chi connectivity index (χ1v) is 7.72. The zero-order valence-corrected chi connectivity index (χ0v) is 13.7. The van der Waals surface area contributed by atoms with E-state index in [4.69, 9.17) is 11.6 Å². The molecule has 0 aliphatic heterocycles. The Morgan fingerprint density at radius 2 is 1.19 bits per heavy atom. The average Bonchev–Trinajstić information content (AvgIpc) is 2.54. The second-order valence-electron chi connectivity index (χ2n) is 5.39. The standard InChI is InChI=1S/C19H10ClF5O/c20-13-9-16(22)18(17(23)10-13)19(24,25)26-15-7-3-12(4-8-15)11-1-5-14(21)6-2-11/h1-10H. The number of ether oxygens (including phenoxy) is 1. The minimum Gasteiger partial charge on any atom is -0.429 e. The van der Waals surface area contributed by atoms with Gasteiger partial charge in [-0.25, -0.2) is 13.2 Å².